The molecular weight excluding hydrogens is 444 g/mol. The summed E-state index contributed by atoms with van der Waals surface area (Å²) in [7, 11) is 0. The summed E-state index contributed by atoms with van der Waals surface area (Å²) in [6.45, 7) is 0. The van der Waals surface area contributed by atoms with Gasteiger partial charge >= 0.3 is 11.9 Å². The molecule has 10 nitrogen and oxygen atoms in total. The van der Waals surface area contributed by atoms with E-state index in [0.717, 1.165) is 12.2 Å². The fraction of sp³-hybridized carbons (Fsp3) is 0. The monoisotopic (exact) mass is 460 g/mol. The molecule has 0 bridgehead atoms. The molecule has 0 aliphatic rings. The zero-order valence-corrected chi connectivity index (χ0v) is 17.3. The fourth-order valence-electron chi connectivity index (χ4n) is 3.25. The van der Waals surface area contributed by atoms with E-state index in [4.69, 9.17) is 0 Å². The van der Waals surface area contributed by atoms with Gasteiger partial charge in [-0.3, -0.25) is 20.2 Å². The molecule has 0 aliphatic heterocycles. The standard InChI is InChI=1S/C24H16N2O8/c27-23(28)19(13-17-6-1-3-10-21(17)25(31)32)15-8-5-9-16(12-15)20(24(29)30)14-18-7-2-4-11-22(18)26(33)34/h1-14H,(H,27,28)(H,29,30)/b19-13-,20-14-. The smallest absolute Gasteiger partial charge is 0.336 e. The number of hydrogen-bond acceptors (Lipinski definition) is 6. The molecule has 0 saturated carbocycles. The Morgan fingerprint density at radius 1 is 0.647 bits per heavy atom. The molecule has 0 unspecified atom stereocenters. The third-order valence-electron chi connectivity index (χ3n) is 4.81. The highest BCUT2D eigenvalue weighted by molar-refractivity contribution is 6.23. The molecule has 3 aromatic rings. The van der Waals surface area contributed by atoms with Crippen molar-refractivity contribution in [2.45, 2.75) is 0 Å². The molecule has 0 aromatic heterocycles. The van der Waals surface area contributed by atoms with Crippen molar-refractivity contribution in [1.29, 1.82) is 0 Å². The van der Waals surface area contributed by atoms with Gasteiger partial charge in [-0.25, -0.2) is 9.59 Å². The summed E-state index contributed by atoms with van der Waals surface area (Å²) < 4.78 is 0. The van der Waals surface area contributed by atoms with Gasteiger partial charge in [-0.2, -0.15) is 0 Å². The molecule has 3 rings (SSSR count). The molecule has 170 valence electrons. The van der Waals surface area contributed by atoms with Crippen LogP contribution in [0.2, 0.25) is 0 Å². The average Bonchev–Trinajstić information content (AvgIpc) is 2.81. The predicted molar refractivity (Wildman–Crippen MR) is 124 cm³/mol. The molecule has 0 radical (unpaired) electrons. The van der Waals surface area contributed by atoms with Crippen LogP contribution in [0.25, 0.3) is 23.3 Å². The van der Waals surface area contributed by atoms with Gasteiger partial charge in [-0.1, -0.05) is 42.5 Å². The maximum atomic E-state index is 12.0. The van der Waals surface area contributed by atoms with E-state index >= 15 is 0 Å². The second-order valence-electron chi connectivity index (χ2n) is 6.94. The second-order valence-corrected chi connectivity index (χ2v) is 6.94. The van der Waals surface area contributed by atoms with Crippen LogP contribution >= 0.6 is 0 Å². The summed E-state index contributed by atoms with van der Waals surface area (Å²) in [5.74, 6) is -2.76. The van der Waals surface area contributed by atoms with Gasteiger partial charge in [0.2, 0.25) is 0 Å². The molecule has 34 heavy (non-hydrogen) atoms. The molecule has 0 fully saturated rings. The van der Waals surface area contributed by atoms with Gasteiger partial charge in [0, 0.05) is 12.1 Å². The highest BCUT2D eigenvalue weighted by atomic mass is 16.6. The highest BCUT2D eigenvalue weighted by Gasteiger charge is 2.19. The number of hydrogen-bond donors (Lipinski definition) is 2. The molecule has 0 atom stereocenters. The first-order valence-corrected chi connectivity index (χ1v) is 9.66. The quantitative estimate of drug-likeness (QED) is 0.211. The first-order valence-electron chi connectivity index (χ1n) is 9.66. The Morgan fingerprint density at radius 2 is 1.03 bits per heavy atom. The van der Waals surface area contributed by atoms with Crippen LogP contribution in [-0.4, -0.2) is 32.0 Å². The lowest BCUT2D eigenvalue weighted by molar-refractivity contribution is -0.385. The summed E-state index contributed by atoms with van der Waals surface area (Å²) in [5.41, 5.74) is -0.873. The van der Waals surface area contributed by atoms with Crippen molar-refractivity contribution in [3.63, 3.8) is 0 Å². The van der Waals surface area contributed by atoms with Crippen LogP contribution < -0.4 is 0 Å². The van der Waals surface area contributed by atoms with Crippen molar-refractivity contribution >= 4 is 46.6 Å². The van der Waals surface area contributed by atoms with Crippen molar-refractivity contribution in [1.82, 2.24) is 0 Å². The number of aliphatic carboxylic acids is 2. The van der Waals surface area contributed by atoms with Gasteiger partial charge < -0.3 is 10.2 Å². The van der Waals surface area contributed by atoms with Crippen LogP contribution in [0.1, 0.15) is 22.3 Å². The van der Waals surface area contributed by atoms with Gasteiger partial charge in [0.1, 0.15) is 0 Å². The van der Waals surface area contributed by atoms with Gasteiger partial charge in [-0.15, -0.1) is 0 Å². The molecule has 0 spiro atoms. The number of carbonyl (C=O) groups is 2. The van der Waals surface area contributed by atoms with E-state index < -0.39 is 21.8 Å². The first-order chi connectivity index (χ1) is 16.2. The number of carboxylic acids is 2. The van der Waals surface area contributed by atoms with Crippen LogP contribution in [0.4, 0.5) is 11.4 Å². The number of rotatable bonds is 8. The topological polar surface area (TPSA) is 161 Å². The van der Waals surface area contributed by atoms with Crippen LogP contribution in [0.5, 0.6) is 0 Å². The second kappa shape index (κ2) is 10.0. The fourth-order valence-corrected chi connectivity index (χ4v) is 3.25. The third kappa shape index (κ3) is 5.19. The maximum Gasteiger partial charge on any atom is 0.336 e. The van der Waals surface area contributed by atoms with E-state index in [1.165, 1.54) is 72.8 Å². The van der Waals surface area contributed by atoms with Crippen molar-refractivity contribution in [3.05, 3.63) is 115 Å². The minimum atomic E-state index is -1.38. The number of nitro benzene ring substituents is 2. The van der Waals surface area contributed by atoms with E-state index in [9.17, 15) is 40.0 Å². The SMILES string of the molecule is O=C(O)/C(=C\c1ccccc1[N+](=O)[O-])c1cccc(/C(=C/c2ccccc2[N+](=O)[O-])C(=O)O)c1. The molecule has 3 aromatic carbocycles. The van der Waals surface area contributed by atoms with Crippen LogP contribution in [0.3, 0.4) is 0 Å². The average molecular weight is 460 g/mol. The van der Waals surface area contributed by atoms with E-state index in [1.807, 2.05) is 0 Å². The highest BCUT2D eigenvalue weighted by Crippen LogP contribution is 2.29. The van der Waals surface area contributed by atoms with Crippen LogP contribution in [0, 0.1) is 20.2 Å². The van der Waals surface area contributed by atoms with Crippen molar-refractivity contribution < 1.29 is 29.6 Å². The van der Waals surface area contributed by atoms with Gasteiger partial charge in [0.05, 0.1) is 32.1 Å². The van der Waals surface area contributed by atoms with E-state index in [0.29, 0.717) is 0 Å². The molecule has 0 aliphatic carbocycles. The van der Waals surface area contributed by atoms with Gasteiger partial charge in [0.25, 0.3) is 11.4 Å². The zero-order valence-electron chi connectivity index (χ0n) is 17.3. The summed E-state index contributed by atoms with van der Waals surface area (Å²) in [6, 6.07) is 16.8. The van der Waals surface area contributed by atoms with E-state index in [2.05, 4.69) is 0 Å². The summed E-state index contributed by atoms with van der Waals surface area (Å²) in [6.07, 6.45) is 2.26. The lowest BCUT2D eigenvalue weighted by atomic mass is 9.96. The number of benzene rings is 3. The minimum absolute atomic E-state index is 0.0595. The van der Waals surface area contributed by atoms with Crippen molar-refractivity contribution in [2.24, 2.45) is 0 Å². The van der Waals surface area contributed by atoms with E-state index in [-0.39, 0.29) is 44.8 Å². The largest absolute Gasteiger partial charge is 0.478 e. The van der Waals surface area contributed by atoms with Crippen molar-refractivity contribution in [3.8, 4) is 0 Å². The molecule has 10 heteroatoms. The first kappa shape index (κ1) is 23.5. The summed E-state index contributed by atoms with van der Waals surface area (Å²) >= 11 is 0. The van der Waals surface area contributed by atoms with Crippen LogP contribution in [-0.2, 0) is 9.59 Å². The number of carboxylic acid groups (broad SMARTS) is 2. The Labute approximate surface area is 192 Å². The summed E-state index contributed by atoms with van der Waals surface area (Å²) in [5, 5.41) is 42.1. The number of nitrogens with zero attached hydrogens (tertiary/aromatic N) is 2. The Balaban J connectivity index is 2.16. The normalized spacial score (nSPS) is 11.6. The molecule has 0 amide bonds. The van der Waals surface area contributed by atoms with Crippen LogP contribution in [0.15, 0.2) is 72.8 Å². The van der Waals surface area contributed by atoms with Gasteiger partial charge in [-0.05, 0) is 41.5 Å². The maximum absolute atomic E-state index is 12.0. The summed E-state index contributed by atoms with van der Waals surface area (Å²) in [4.78, 5) is 45.2. The van der Waals surface area contributed by atoms with Gasteiger partial charge in [0.15, 0.2) is 0 Å². The number of nitro groups is 2. The predicted octanol–water partition coefficient (Wildman–Crippen LogP) is 4.75. The third-order valence-corrected chi connectivity index (χ3v) is 4.81. The molecule has 2 N–H and O–H groups in total. The molecule has 0 saturated heterocycles. The Hall–Kier alpha value is -5.12. The lowest BCUT2D eigenvalue weighted by Crippen LogP contribution is -2.04. The zero-order chi connectivity index (χ0) is 24.8. The molecular formula is C24H16N2O8. The van der Waals surface area contributed by atoms with Crippen molar-refractivity contribution in [2.75, 3.05) is 0 Å². The minimum Gasteiger partial charge on any atom is -0.478 e. The van der Waals surface area contributed by atoms with E-state index in [1.54, 1.807) is 0 Å². The molecule has 0 heterocycles. The Morgan fingerprint density at radius 3 is 1.38 bits per heavy atom. The lowest BCUT2D eigenvalue weighted by Gasteiger charge is -2.08. The number of para-hydroxylation sites is 2. The Bertz CT molecular complexity index is 1270. The Kier molecular flexibility index (Phi) is 6.92.